The number of benzene rings is 1. The third-order valence-corrected chi connectivity index (χ3v) is 3.94. The molecule has 0 amide bonds. The van der Waals surface area contributed by atoms with Crippen LogP contribution in [-0.4, -0.2) is 22.2 Å². The van der Waals surface area contributed by atoms with E-state index in [4.69, 9.17) is 4.74 Å². The fourth-order valence-corrected chi connectivity index (χ4v) is 2.82. The molecule has 0 radical (unpaired) electrons. The molecule has 6 heteroatoms. The summed E-state index contributed by atoms with van der Waals surface area (Å²) in [6.07, 6.45) is 3.71. The van der Waals surface area contributed by atoms with E-state index in [1.54, 1.807) is 6.07 Å². The Morgan fingerprint density at radius 2 is 2.13 bits per heavy atom. The number of halogens is 1. The van der Waals surface area contributed by atoms with Gasteiger partial charge >= 0.3 is 0 Å². The molecule has 5 nitrogen and oxygen atoms in total. The maximum Gasteiger partial charge on any atom is 0.161 e. The first-order chi connectivity index (χ1) is 11.0. The van der Waals surface area contributed by atoms with Crippen molar-refractivity contribution in [3.8, 4) is 11.5 Å². The number of ether oxygens (including phenoxy) is 1. The van der Waals surface area contributed by atoms with Crippen LogP contribution in [0, 0.1) is 5.92 Å². The van der Waals surface area contributed by atoms with Gasteiger partial charge in [-0.2, -0.15) is 0 Å². The minimum atomic E-state index is -0.279. The molecule has 1 aromatic carbocycles. The number of rotatable bonds is 3. The van der Waals surface area contributed by atoms with Crippen LogP contribution in [0.1, 0.15) is 20.3 Å². The van der Waals surface area contributed by atoms with Crippen molar-refractivity contribution in [2.45, 2.75) is 20.3 Å². The molecule has 1 aliphatic rings. The molecule has 1 aliphatic carbocycles. The molecule has 120 valence electrons. The predicted molar refractivity (Wildman–Crippen MR) is 87.0 cm³/mol. The van der Waals surface area contributed by atoms with Crippen LogP contribution in [0.2, 0.25) is 0 Å². The molecule has 3 rings (SSSR count). The summed E-state index contributed by atoms with van der Waals surface area (Å²) in [5.74, 6) is 0.554. The summed E-state index contributed by atoms with van der Waals surface area (Å²) in [6.45, 7) is 3.88. The van der Waals surface area contributed by atoms with Crippen molar-refractivity contribution in [2.24, 2.45) is 5.92 Å². The zero-order valence-electron chi connectivity index (χ0n) is 13.2. The maximum atomic E-state index is 14.3. The Balaban J connectivity index is 2.08. The summed E-state index contributed by atoms with van der Waals surface area (Å²) in [5.41, 5.74) is 2.07. The van der Waals surface area contributed by atoms with Gasteiger partial charge in [0.25, 0.3) is 0 Å². The first kappa shape index (κ1) is 15.3. The van der Waals surface area contributed by atoms with Gasteiger partial charge in [-0.1, -0.05) is 12.5 Å². The molecule has 0 spiro atoms. The Hall–Kier alpha value is -2.63. The van der Waals surface area contributed by atoms with Crippen LogP contribution in [0.25, 0.3) is 10.9 Å². The molecule has 2 aromatic rings. The topological polar surface area (TPSA) is 67.3 Å². The van der Waals surface area contributed by atoms with Crippen LogP contribution in [0.3, 0.4) is 0 Å². The van der Waals surface area contributed by atoms with E-state index in [-0.39, 0.29) is 17.5 Å². The van der Waals surface area contributed by atoms with Crippen molar-refractivity contribution in [2.75, 3.05) is 12.4 Å². The van der Waals surface area contributed by atoms with Gasteiger partial charge in [-0.05, 0) is 25.5 Å². The van der Waals surface area contributed by atoms with Crippen LogP contribution < -0.4 is 10.1 Å². The first-order valence-corrected chi connectivity index (χ1v) is 7.35. The highest BCUT2D eigenvalue weighted by Crippen LogP contribution is 2.35. The molecule has 0 saturated heterocycles. The van der Waals surface area contributed by atoms with Crippen molar-refractivity contribution >= 4 is 16.7 Å². The maximum absolute atomic E-state index is 14.3. The average molecular weight is 315 g/mol. The molecule has 1 atom stereocenters. The van der Waals surface area contributed by atoms with E-state index >= 15 is 0 Å². The molecule has 1 heterocycles. The molecule has 2 N–H and O–H groups in total. The van der Waals surface area contributed by atoms with Gasteiger partial charge in [0, 0.05) is 17.4 Å². The molecule has 0 bridgehead atoms. The van der Waals surface area contributed by atoms with Gasteiger partial charge in [0.2, 0.25) is 0 Å². The minimum Gasteiger partial charge on any atom is -0.504 e. The number of phenolic OH excluding ortho intramolecular Hbond substituents is 1. The number of hydrogen-bond acceptors (Lipinski definition) is 5. The van der Waals surface area contributed by atoms with E-state index in [2.05, 4.69) is 15.3 Å². The van der Waals surface area contributed by atoms with Crippen LogP contribution >= 0.6 is 0 Å². The lowest BCUT2D eigenvalue weighted by atomic mass is 9.93. The van der Waals surface area contributed by atoms with Crippen molar-refractivity contribution < 1.29 is 14.2 Å². The number of nitrogens with zero attached hydrogens (tertiary/aromatic N) is 2. The summed E-state index contributed by atoms with van der Waals surface area (Å²) in [4.78, 5) is 8.35. The van der Waals surface area contributed by atoms with Gasteiger partial charge in [-0.25, -0.2) is 14.4 Å². The number of phenols is 1. The lowest BCUT2D eigenvalue weighted by molar-refractivity contribution is 0.374. The molecule has 23 heavy (non-hydrogen) atoms. The van der Waals surface area contributed by atoms with Gasteiger partial charge in [-0.15, -0.1) is 0 Å². The van der Waals surface area contributed by atoms with Crippen molar-refractivity contribution in [1.29, 1.82) is 0 Å². The number of fused-ring (bicyclic) bond motifs is 1. The second-order valence-corrected chi connectivity index (χ2v) is 5.75. The normalized spacial score (nSPS) is 18.1. The Bertz CT molecular complexity index is 830. The second kappa shape index (κ2) is 5.87. The molecule has 0 fully saturated rings. The largest absolute Gasteiger partial charge is 0.504 e. The second-order valence-electron chi connectivity index (χ2n) is 5.75. The summed E-state index contributed by atoms with van der Waals surface area (Å²) in [5, 5.41) is 13.6. The van der Waals surface area contributed by atoms with Crippen molar-refractivity contribution in [3.05, 3.63) is 41.6 Å². The van der Waals surface area contributed by atoms with E-state index in [0.29, 0.717) is 28.2 Å². The van der Waals surface area contributed by atoms with Crippen LogP contribution in [0.15, 0.2) is 41.6 Å². The van der Waals surface area contributed by atoms with E-state index in [0.717, 1.165) is 12.0 Å². The van der Waals surface area contributed by atoms with Gasteiger partial charge in [0.05, 0.1) is 18.3 Å². The fourth-order valence-electron chi connectivity index (χ4n) is 2.82. The van der Waals surface area contributed by atoms with Crippen molar-refractivity contribution in [3.63, 3.8) is 0 Å². The lowest BCUT2D eigenvalue weighted by Gasteiger charge is -2.22. The number of allylic oxidation sites excluding steroid dienone is 4. The molecule has 1 unspecified atom stereocenters. The Kier molecular flexibility index (Phi) is 3.90. The highest BCUT2D eigenvalue weighted by atomic mass is 19.1. The van der Waals surface area contributed by atoms with E-state index in [9.17, 15) is 9.50 Å². The standard InChI is InChI=1S/C17H18FN3O2/c1-9-4-10(2)16(12(18)5-9)21-17-11-6-15(23-3)14(22)7-13(11)19-8-20-17/h5-8,10,22H,4H2,1-3H3,(H,19,20,21). The van der Waals surface area contributed by atoms with Crippen LogP contribution in [0.4, 0.5) is 10.2 Å². The van der Waals surface area contributed by atoms with Gasteiger partial charge in [-0.3, -0.25) is 0 Å². The predicted octanol–water partition coefficient (Wildman–Crippen LogP) is 3.92. The number of aromatic hydroxyl groups is 1. The molecule has 0 aliphatic heterocycles. The summed E-state index contributed by atoms with van der Waals surface area (Å²) < 4.78 is 19.4. The highest BCUT2D eigenvalue weighted by molar-refractivity contribution is 5.92. The lowest BCUT2D eigenvalue weighted by Crippen LogP contribution is -2.15. The van der Waals surface area contributed by atoms with Gasteiger partial charge < -0.3 is 15.2 Å². The third kappa shape index (κ3) is 2.84. The zero-order valence-corrected chi connectivity index (χ0v) is 13.2. The van der Waals surface area contributed by atoms with E-state index in [1.807, 2.05) is 13.8 Å². The highest BCUT2D eigenvalue weighted by Gasteiger charge is 2.21. The Morgan fingerprint density at radius 3 is 2.83 bits per heavy atom. The van der Waals surface area contributed by atoms with Crippen LogP contribution in [0.5, 0.6) is 11.5 Å². The SMILES string of the molecule is COc1cc2c(NC3=C(F)C=C(C)CC3C)ncnc2cc1O. The summed E-state index contributed by atoms with van der Waals surface area (Å²) >= 11 is 0. The summed E-state index contributed by atoms with van der Waals surface area (Å²) in [6, 6.07) is 3.14. The number of nitrogens with one attached hydrogen (secondary N) is 1. The van der Waals surface area contributed by atoms with E-state index < -0.39 is 0 Å². The zero-order chi connectivity index (χ0) is 16.6. The van der Waals surface area contributed by atoms with Gasteiger partial charge in [0.15, 0.2) is 11.5 Å². The summed E-state index contributed by atoms with van der Waals surface area (Å²) in [7, 11) is 1.47. The minimum absolute atomic E-state index is 0.000335. The number of methoxy groups -OCH3 is 1. The third-order valence-electron chi connectivity index (χ3n) is 3.94. The smallest absolute Gasteiger partial charge is 0.161 e. The Labute approximate surface area is 133 Å². The molecule has 0 saturated carbocycles. The molecule has 1 aromatic heterocycles. The number of aromatic nitrogens is 2. The monoisotopic (exact) mass is 315 g/mol. The number of hydrogen-bond donors (Lipinski definition) is 2. The van der Waals surface area contributed by atoms with Gasteiger partial charge in [0.1, 0.15) is 18.0 Å². The van der Waals surface area contributed by atoms with Crippen molar-refractivity contribution in [1.82, 2.24) is 9.97 Å². The fraction of sp³-hybridized carbons (Fsp3) is 0.294. The average Bonchev–Trinajstić information content (AvgIpc) is 2.50. The van der Waals surface area contributed by atoms with Crippen LogP contribution in [-0.2, 0) is 0 Å². The van der Waals surface area contributed by atoms with E-state index in [1.165, 1.54) is 25.6 Å². The Morgan fingerprint density at radius 1 is 1.35 bits per heavy atom. The molecular weight excluding hydrogens is 297 g/mol. The quantitative estimate of drug-likeness (QED) is 0.898. The molecular formula is C17H18FN3O2. The number of anilines is 1. The first-order valence-electron chi connectivity index (χ1n) is 7.35.